The second-order valence-corrected chi connectivity index (χ2v) is 5.73. The summed E-state index contributed by atoms with van der Waals surface area (Å²) in [6.07, 6.45) is 0.502. The van der Waals surface area contributed by atoms with Gasteiger partial charge in [-0.05, 0) is 19.9 Å². The normalized spacial score (nSPS) is 10.6. The number of rotatable bonds is 8. The number of ether oxygens (including phenoxy) is 1. The van der Waals surface area contributed by atoms with Crippen molar-refractivity contribution in [2.24, 2.45) is 0 Å². The monoisotopic (exact) mass is 335 g/mol. The lowest BCUT2D eigenvalue weighted by Crippen LogP contribution is -2.31. The van der Waals surface area contributed by atoms with Crippen molar-refractivity contribution in [2.45, 2.75) is 25.5 Å². The van der Waals surface area contributed by atoms with E-state index in [0.717, 1.165) is 11.3 Å². The lowest BCUT2D eigenvalue weighted by molar-refractivity contribution is -0.127. The second kappa shape index (κ2) is 8.57. The van der Waals surface area contributed by atoms with Gasteiger partial charge in [0.05, 0.1) is 19.3 Å². The Hall–Kier alpha value is -2.02. The molecule has 0 spiro atoms. The zero-order valence-corrected chi connectivity index (χ0v) is 14.4. The van der Waals surface area contributed by atoms with Crippen LogP contribution in [0.5, 0.6) is 5.75 Å². The van der Waals surface area contributed by atoms with E-state index in [-0.39, 0.29) is 5.91 Å². The van der Waals surface area contributed by atoms with E-state index in [0.29, 0.717) is 36.4 Å². The summed E-state index contributed by atoms with van der Waals surface area (Å²) >= 11 is 1.27. The van der Waals surface area contributed by atoms with E-state index >= 15 is 0 Å². The van der Waals surface area contributed by atoms with Gasteiger partial charge in [0.25, 0.3) is 5.22 Å². The third-order valence-electron chi connectivity index (χ3n) is 3.42. The van der Waals surface area contributed by atoms with Crippen LogP contribution in [-0.4, -0.2) is 47.0 Å². The van der Waals surface area contributed by atoms with Gasteiger partial charge in [0, 0.05) is 18.7 Å². The highest BCUT2D eigenvalue weighted by molar-refractivity contribution is 7.99. The van der Waals surface area contributed by atoms with Crippen molar-refractivity contribution in [3.05, 3.63) is 35.7 Å². The first-order chi connectivity index (χ1) is 11.2. The standard InChI is InChI=1S/C16H21N3O3S/c1-4-19(5-2)15(20)11-23-16-18-17-14(22-16)10-12-8-6-7-9-13(12)21-3/h6-9H,4-5,10-11H2,1-3H3. The van der Waals surface area contributed by atoms with Gasteiger partial charge >= 0.3 is 0 Å². The maximum Gasteiger partial charge on any atom is 0.277 e. The minimum absolute atomic E-state index is 0.0736. The van der Waals surface area contributed by atoms with E-state index in [1.165, 1.54) is 11.8 Å². The number of benzene rings is 1. The molecular formula is C16H21N3O3S. The fourth-order valence-corrected chi connectivity index (χ4v) is 2.85. The summed E-state index contributed by atoms with van der Waals surface area (Å²) in [6, 6.07) is 7.70. The first-order valence-electron chi connectivity index (χ1n) is 7.52. The highest BCUT2D eigenvalue weighted by Gasteiger charge is 2.14. The van der Waals surface area contributed by atoms with Gasteiger partial charge in [-0.1, -0.05) is 30.0 Å². The van der Waals surface area contributed by atoms with Gasteiger partial charge in [-0.15, -0.1) is 10.2 Å². The lowest BCUT2D eigenvalue weighted by Gasteiger charge is -2.17. The summed E-state index contributed by atoms with van der Waals surface area (Å²) in [7, 11) is 1.63. The number of hydrogen-bond acceptors (Lipinski definition) is 6. The van der Waals surface area contributed by atoms with Gasteiger partial charge in [0.2, 0.25) is 11.8 Å². The van der Waals surface area contributed by atoms with Crippen molar-refractivity contribution in [1.29, 1.82) is 0 Å². The van der Waals surface area contributed by atoms with Crippen LogP contribution in [0.25, 0.3) is 0 Å². The van der Waals surface area contributed by atoms with Crippen molar-refractivity contribution >= 4 is 17.7 Å². The summed E-state index contributed by atoms with van der Waals surface area (Å²) in [6.45, 7) is 5.34. The second-order valence-electron chi connectivity index (χ2n) is 4.81. The number of carbonyl (C=O) groups excluding carboxylic acids is 1. The van der Waals surface area contributed by atoms with E-state index in [9.17, 15) is 4.79 Å². The number of methoxy groups -OCH3 is 1. The van der Waals surface area contributed by atoms with Gasteiger partial charge in [-0.3, -0.25) is 4.79 Å². The number of amides is 1. The number of hydrogen-bond donors (Lipinski definition) is 0. The molecule has 0 atom stereocenters. The number of thioether (sulfide) groups is 1. The molecule has 0 fully saturated rings. The molecule has 0 aliphatic rings. The minimum Gasteiger partial charge on any atom is -0.496 e. The molecular weight excluding hydrogens is 314 g/mol. The van der Waals surface area contributed by atoms with Crippen molar-refractivity contribution in [1.82, 2.24) is 15.1 Å². The molecule has 6 nitrogen and oxygen atoms in total. The molecule has 1 heterocycles. The van der Waals surface area contributed by atoms with Crippen LogP contribution in [0.1, 0.15) is 25.3 Å². The number of carbonyl (C=O) groups is 1. The van der Waals surface area contributed by atoms with Crippen molar-refractivity contribution in [3.8, 4) is 5.75 Å². The Bertz CT molecular complexity index is 641. The molecule has 124 valence electrons. The van der Waals surface area contributed by atoms with Crippen LogP contribution < -0.4 is 4.74 Å². The minimum atomic E-state index is 0.0736. The Balaban J connectivity index is 1.94. The summed E-state index contributed by atoms with van der Waals surface area (Å²) in [5, 5.41) is 8.43. The van der Waals surface area contributed by atoms with Gasteiger partial charge < -0.3 is 14.1 Å². The van der Waals surface area contributed by atoms with Crippen molar-refractivity contribution in [3.63, 3.8) is 0 Å². The Kier molecular flexibility index (Phi) is 6.46. The van der Waals surface area contributed by atoms with Gasteiger partial charge in [-0.2, -0.15) is 0 Å². The molecule has 0 unspecified atom stereocenters. The molecule has 0 saturated carbocycles. The smallest absolute Gasteiger partial charge is 0.277 e. The van der Waals surface area contributed by atoms with Gasteiger partial charge in [0.1, 0.15) is 5.75 Å². The molecule has 0 N–H and O–H groups in total. The Morgan fingerprint density at radius 1 is 1.26 bits per heavy atom. The summed E-state index contributed by atoms with van der Waals surface area (Å²) in [4.78, 5) is 13.7. The van der Waals surface area contributed by atoms with Crippen LogP contribution in [0, 0.1) is 0 Å². The SMILES string of the molecule is CCN(CC)C(=O)CSc1nnc(Cc2ccccc2OC)o1. The molecule has 2 rings (SSSR count). The van der Waals surface area contributed by atoms with Gasteiger partial charge in [-0.25, -0.2) is 0 Å². The number of aromatic nitrogens is 2. The third-order valence-corrected chi connectivity index (χ3v) is 4.22. The topological polar surface area (TPSA) is 68.5 Å². The molecule has 0 aliphatic carbocycles. The third kappa shape index (κ3) is 4.72. The fourth-order valence-electron chi connectivity index (χ4n) is 2.17. The molecule has 0 aliphatic heterocycles. The highest BCUT2D eigenvalue weighted by atomic mass is 32.2. The van der Waals surface area contributed by atoms with E-state index in [4.69, 9.17) is 9.15 Å². The summed E-state index contributed by atoms with van der Waals surface area (Å²) in [5.41, 5.74) is 0.981. The van der Waals surface area contributed by atoms with E-state index in [2.05, 4.69) is 10.2 Å². The van der Waals surface area contributed by atoms with Crippen LogP contribution in [0.2, 0.25) is 0 Å². The Morgan fingerprint density at radius 2 is 2.00 bits per heavy atom. The summed E-state index contributed by atoms with van der Waals surface area (Å²) < 4.78 is 10.9. The largest absolute Gasteiger partial charge is 0.496 e. The van der Waals surface area contributed by atoms with Crippen molar-refractivity contribution in [2.75, 3.05) is 26.0 Å². The van der Waals surface area contributed by atoms with E-state index < -0.39 is 0 Å². The van der Waals surface area contributed by atoms with Crippen molar-refractivity contribution < 1.29 is 13.9 Å². The van der Waals surface area contributed by atoms with Crippen LogP contribution in [0.4, 0.5) is 0 Å². The number of para-hydroxylation sites is 1. The first-order valence-corrected chi connectivity index (χ1v) is 8.51. The van der Waals surface area contributed by atoms with Crippen LogP contribution in [0.15, 0.2) is 33.9 Å². The number of nitrogens with zero attached hydrogens (tertiary/aromatic N) is 3. The molecule has 0 saturated heterocycles. The average molecular weight is 335 g/mol. The highest BCUT2D eigenvalue weighted by Crippen LogP contribution is 2.22. The predicted molar refractivity (Wildman–Crippen MR) is 88.8 cm³/mol. The maximum absolute atomic E-state index is 12.0. The molecule has 23 heavy (non-hydrogen) atoms. The molecule has 7 heteroatoms. The van der Waals surface area contributed by atoms with Crippen LogP contribution >= 0.6 is 11.8 Å². The molecule has 1 amide bonds. The summed E-state index contributed by atoms with van der Waals surface area (Å²) in [5.74, 6) is 1.67. The van der Waals surface area contributed by atoms with Crippen LogP contribution in [0.3, 0.4) is 0 Å². The zero-order chi connectivity index (χ0) is 16.7. The molecule has 1 aromatic heterocycles. The average Bonchev–Trinajstić information content (AvgIpc) is 3.02. The lowest BCUT2D eigenvalue weighted by atomic mass is 10.1. The van der Waals surface area contributed by atoms with E-state index in [1.54, 1.807) is 12.0 Å². The predicted octanol–water partition coefficient (Wildman–Crippen LogP) is 2.63. The van der Waals surface area contributed by atoms with Gasteiger partial charge in [0.15, 0.2) is 0 Å². The molecule has 2 aromatic rings. The Morgan fingerprint density at radius 3 is 2.70 bits per heavy atom. The Labute approximate surface area is 140 Å². The first kappa shape index (κ1) is 17.3. The fraction of sp³-hybridized carbons (Fsp3) is 0.438. The zero-order valence-electron chi connectivity index (χ0n) is 13.6. The molecule has 1 aromatic carbocycles. The molecule has 0 bridgehead atoms. The van der Waals surface area contributed by atoms with E-state index in [1.807, 2.05) is 38.1 Å². The maximum atomic E-state index is 12.0. The molecule has 0 radical (unpaired) electrons. The van der Waals surface area contributed by atoms with Crippen LogP contribution in [-0.2, 0) is 11.2 Å². The quantitative estimate of drug-likeness (QED) is 0.691.